The summed E-state index contributed by atoms with van der Waals surface area (Å²) < 4.78 is 0. The SMILES string of the molecule is C1CN2CCC1CC2.Nc1nnc(-c2c[nH]c3ccccc23)c(=O)[nH]1. The lowest BCUT2D eigenvalue weighted by Gasteiger charge is -2.38. The fourth-order valence-electron chi connectivity index (χ4n) is 3.66. The molecule has 5 heterocycles. The molecule has 25 heavy (non-hydrogen) atoms. The average Bonchev–Trinajstić information content (AvgIpc) is 3.08. The van der Waals surface area contributed by atoms with E-state index in [4.69, 9.17) is 5.73 Å². The molecular formula is C18H22N6O. The normalized spacial score (nSPS) is 21.8. The summed E-state index contributed by atoms with van der Waals surface area (Å²) in [6.07, 6.45) is 6.19. The summed E-state index contributed by atoms with van der Waals surface area (Å²) in [4.78, 5) is 19.8. The molecule has 3 aromatic rings. The van der Waals surface area contributed by atoms with Gasteiger partial charge in [-0.1, -0.05) is 18.2 Å². The second kappa shape index (κ2) is 6.68. The Labute approximate surface area is 145 Å². The number of benzene rings is 1. The first-order valence-corrected chi connectivity index (χ1v) is 8.72. The number of nitrogens with one attached hydrogen (secondary N) is 2. The smallest absolute Gasteiger partial charge is 0.279 e. The zero-order valence-electron chi connectivity index (χ0n) is 14.0. The molecule has 6 rings (SSSR count). The van der Waals surface area contributed by atoms with Crippen molar-refractivity contribution in [3.8, 4) is 11.3 Å². The Bertz CT molecular complexity index is 899. The minimum Gasteiger partial charge on any atom is -0.368 e. The van der Waals surface area contributed by atoms with Crippen LogP contribution >= 0.6 is 0 Å². The minimum absolute atomic E-state index is 0.0126. The largest absolute Gasteiger partial charge is 0.368 e. The maximum Gasteiger partial charge on any atom is 0.279 e. The van der Waals surface area contributed by atoms with Crippen LogP contribution in [0.25, 0.3) is 22.2 Å². The molecule has 7 heteroatoms. The highest BCUT2D eigenvalue weighted by atomic mass is 16.1. The van der Waals surface area contributed by atoms with E-state index >= 15 is 0 Å². The number of para-hydroxylation sites is 1. The molecule has 2 bridgehead atoms. The number of aromatic nitrogens is 4. The number of nitrogens with zero attached hydrogens (tertiary/aromatic N) is 3. The second-order valence-corrected chi connectivity index (χ2v) is 6.71. The summed E-state index contributed by atoms with van der Waals surface area (Å²) in [5, 5.41) is 8.42. The van der Waals surface area contributed by atoms with Gasteiger partial charge in [0.25, 0.3) is 5.56 Å². The van der Waals surface area contributed by atoms with Crippen molar-refractivity contribution in [3.63, 3.8) is 0 Å². The van der Waals surface area contributed by atoms with Gasteiger partial charge in [0.2, 0.25) is 5.95 Å². The number of fused-ring (bicyclic) bond motifs is 4. The highest BCUT2D eigenvalue weighted by molar-refractivity contribution is 5.94. The van der Waals surface area contributed by atoms with E-state index in [2.05, 4.69) is 25.1 Å². The molecule has 130 valence electrons. The van der Waals surface area contributed by atoms with Gasteiger partial charge < -0.3 is 15.6 Å². The molecule has 7 nitrogen and oxygen atoms in total. The zero-order valence-corrected chi connectivity index (χ0v) is 14.0. The van der Waals surface area contributed by atoms with Gasteiger partial charge >= 0.3 is 0 Å². The third-order valence-corrected chi connectivity index (χ3v) is 5.12. The van der Waals surface area contributed by atoms with E-state index < -0.39 is 0 Å². The fourth-order valence-corrected chi connectivity index (χ4v) is 3.66. The van der Waals surface area contributed by atoms with Crippen molar-refractivity contribution >= 4 is 16.9 Å². The van der Waals surface area contributed by atoms with Gasteiger partial charge in [0.1, 0.15) is 0 Å². The number of nitrogen functional groups attached to an aromatic ring is 1. The van der Waals surface area contributed by atoms with Crippen molar-refractivity contribution < 1.29 is 0 Å². The van der Waals surface area contributed by atoms with E-state index in [1.165, 1.54) is 38.9 Å². The van der Waals surface area contributed by atoms with Crippen LogP contribution in [-0.4, -0.2) is 44.7 Å². The molecule has 3 saturated heterocycles. The van der Waals surface area contributed by atoms with Gasteiger partial charge in [-0.15, -0.1) is 10.2 Å². The third-order valence-electron chi connectivity index (χ3n) is 5.12. The van der Waals surface area contributed by atoms with Gasteiger partial charge in [0.05, 0.1) is 0 Å². The van der Waals surface area contributed by atoms with Crippen molar-refractivity contribution in [2.24, 2.45) is 5.92 Å². The maximum atomic E-state index is 11.7. The molecule has 0 spiro atoms. The molecule has 0 saturated carbocycles. The predicted molar refractivity (Wildman–Crippen MR) is 98.1 cm³/mol. The molecule has 0 unspecified atom stereocenters. The molecule has 0 radical (unpaired) electrons. The first-order chi connectivity index (χ1) is 12.2. The highest BCUT2D eigenvalue weighted by Crippen LogP contribution is 2.26. The standard InChI is InChI=1S/C11H9N5O.C7H13N/c12-11-14-10(17)9(15-16-11)7-5-13-8-4-2-1-3-6(7)8;1-4-8-5-2-7(1)3-6-8/h1-5,13H,(H3,12,14,16,17);7H,1-6H2. The summed E-state index contributed by atoms with van der Waals surface area (Å²) in [6, 6.07) is 7.66. The van der Waals surface area contributed by atoms with Crippen LogP contribution < -0.4 is 11.3 Å². The molecular weight excluding hydrogens is 316 g/mol. The van der Waals surface area contributed by atoms with Crippen molar-refractivity contribution in [2.75, 3.05) is 25.4 Å². The number of anilines is 1. The van der Waals surface area contributed by atoms with Crippen LogP contribution in [0.5, 0.6) is 0 Å². The summed E-state index contributed by atoms with van der Waals surface area (Å²) in [5.41, 5.74) is 6.93. The number of H-pyrrole nitrogens is 2. The number of hydrogen-bond donors (Lipinski definition) is 3. The van der Waals surface area contributed by atoms with Crippen LogP contribution in [-0.2, 0) is 0 Å². The fraction of sp³-hybridized carbons (Fsp3) is 0.389. The quantitative estimate of drug-likeness (QED) is 0.629. The molecule has 3 aliphatic rings. The van der Waals surface area contributed by atoms with Gasteiger partial charge in [-0.05, 0) is 50.9 Å². The Morgan fingerprint density at radius 1 is 1.08 bits per heavy atom. The van der Waals surface area contributed by atoms with Gasteiger partial charge in [-0.3, -0.25) is 9.78 Å². The van der Waals surface area contributed by atoms with E-state index in [-0.39, 0.29) is 17.2 Å². The molecule has 3 aliphatic heterocycles. The first kappa shape index (κ1) is 15.8. The van der Waals surface area contributed by atoms with Crippen LogP contribution in [0.15, 0.2) is 35.3 Å². The molecule has 0 atom stereocenters. The molecule has 2 aromatic heterocycles. The van der Waals surface area contributed by atoms with Crippen LogP contribution in [0.4, 0.5) is 5.95 Å². The van der Waals surface area contributed by atoms with E-state index in [0.717, 1.165) is 16.8 Å². The van der Waals surface area contributed by atoms with Crippen molar-refractivity contribution in [1.82, 2.24) is 25.1 Å². The lowest BCUT2D eigenvalue weighted by Crippen LogP contribution is -2.41. The molecule has 3 fully saturated rings. The summed E-state index contributed by atoms with van der Waals surface area (Å²) in [6.45, 7) is 4.18. The highest BCUT2D eigenvalue weighted by Gasteiger charge is 2.24. The average molecular weight is 338 g/mol. The van der Waals surface area contributed by atoms with E-state index in [1.807, 2.05) is 24.3 Å². The Kier molecular flexibility index (Phi) is 4.23. The number of hydrogen-bond acceptors (Lipinski definition) is 5. The van der Waals surface area contributed by atoms with E-state index in [1.54, 1.807) is 6.20 Å². The Hall–Kier alpha value is -2.67. The molecule has 0 amide bonds. The van der Waals surface area contributed by atoms with Crippen LogP contribution in [0, 0.1) is 5.92 Å². The predicted octanol–water partition coefficient (Wildman–Crippen LogP) is 2.00. The topological polar surface area (TPSA) is 104 Å². The van der Waals surface area contributed by atoms with Crippen molar-refractivity contribution in [3.05, 3.63) is 40.8 Å². The lowest BCUT2D eigenvalue weighted by atomic mass is 9.89. The second-order valence-electron chi connectivity index (χ2n) is 6.71. The van der Waals surface area contributed by atoms with Crippen molar-refractivity contribution in [1.29, 1.82) is 0 Å². The van der Waals surface area contributed by atoms with Crippen LogP contribution in [0.2, 0.25) is 0 Å². The lowest BCUT2D eigenvalue weighted by molar-refractivity contribution is 0.111. The monoisotopic (exact) mass is 338 g/mol. The number of nitrogens with two attached hydrogens (primary N) is 1. The number of rotatable bonds is 1. The first-order valence-electron chi connectivity index (χ1n) is 8.72. The van der Waals surface area contributed by atoms with Crippen LogP contribution in [0.1, 0.15) is 19.3 Å². The number of piperidine rings is 3. The summed E-state index contributed by atoms with van der Waals surface area (Å²) in [5.74, 6) is 1.12. The summed E-state index contributed by atoms with van der Waals surface area (Å²) in [7, 11) is 0. The maximum absolute atomic E-state index is 11.7. The molecule has 0 aliphatic carbocycles. The van der Waals surface area contributed by atoms with Gasteiger partial charge in [-0.2, -0.15) is 0 Å². The Morgan fingerprint density at radius 3 is 2.40 bits per heavy atom. The Balaban J connectivity index is 0.000000163. The van der Waals surface area contributed by atoms with Gasteiger partial charge in [0, 0.05) is 22.7 Å². The van der Waals surface area contributed by atoms with Crippen molar-refractivity contribution in [2.45, 2.75) is 19.3 Å². The summed E-state index contributed by atoms with van der Waals surface area (Å²) >= 11 is 0. The van der Waals surface area contributed by atoms with Gasteiger partial charge in [-0.25, -0.2) is 0 Å². The Morgan fingerprint density at radius 2 is 1.80 bits per heavy atom. The molecule has 4 N–H and O–H groups in total. The molecule has 1 aromatic carbocycles. The van der Waals surface area contributed by atoms with Gasteiger partial charge in [0.15, 0.2) is 5.69 Å². The minimum atomic E-state index is -0.345. The third kappa shape index (κ3) is 3.28. The zero-order chi connectivity index (χ0) is 17.2. The van der Waals surface area contributed by atoms with Crippen LogP contribution in [0.3, 0.4) is 0 Å². The number of aromatic amines is 2. The van der Waals surface area contributed by atoms with E-state index in [9.17, 15) is 4.79 Å². The van der Waals surface area contributed by atoms with E-state index in [0.29, 0.717) is 5.56 Å².